The average Bonchev–Trinajstić information content (AvgIpc) is 2.84. The van der Waals surface area contributed by atoms with Gasteiger partial charge in [-0.3, -0.25) is 14.9 Å². The minimum atomic E-state index is -0.451. The fourth-order valence-electron chi connectivity index (χ4n) is 2.68. The number of anilines is 1. The highest BCUT2D eigenvalue weighted by molar-refractivity contribution is 5.95. The van der Waals surface area contributed by atoms with E-state index in [2.05, 4.69) is 17.6 Å². The lowest BCUT2D eigenvalue weighted by atomic mass is 9.99. The quantitative estimate of drug-likeness (QED) is 0.654. The molecule has 1 fully saturated rings. The molecule has 0 aliphatic heterocycles. The maximum absolute atomic E-state index is 11.6. The highest BCUT2D eigenvalue weighted by Gasteiger charge is 2.30. The van der Waals surface area contributed by atoms with Crippen LogP contribution in [0.2, 0.25) is 0 Å². The van der Waals surface area contributed by atoms with Crippen molar-refractivity contribution in [2.75, 3.05) is 12.4 Å². The van der Waals surface area contributed by atoms with E-state index < -0.39 is 4.92 Å². The minimum Gasteiger partial charge on any atom is -0.374 e. The maximum Gasteiger partial charge on any atom is 0.293 e. The normalized spacial score (nSPS) is 16.7. The van der Waals surface area contributed by atoms with Crippen molar-refractivity contribution in [3.63, 3.8) is 0 Å². The van der Waals surface area contributed by atoms with E-state index in [0.29, 0.717) is 11.3 Å². The second-order valence-corrected chi connectivity index (χ2v) is 5.46. The number of nitrogens with zero attached hydrogens (tertiary/aromatic N) is 1. The molecule has 6 nitrogen and oxygen atoms in total. The van der Waals surface area contributed by atoms with Gasteiger partial charge in [0.2, 0.25) is 0 Å². The van der Waals surface area contributed by atoms with Crippen LogP contribution < -0.4 is 10.6 Å². The Balaban J connectivity index is 2.33. The SMILES string of the molecule is CNC(=O)c1ccc(NC2(C)CCCC2)c([N+](=O)[O-])c1. The van der Waals surface area contributed by atoms with Crippen molar-refractivity contribution in [3.8, 4) is 0 Å². The second-order valence-electron chi connectivity index (χ2n) is 5.46. The molecule has 0 unspecified atom stereocenters. The van der Waals surface area contributed by atoms with Gasteiger partial charge in [-0.2, -0.15) is 0 Å². The van der Waals surface area contributed by atoms with Crippen LogP contribution in [0.4, 0.5) is 11.4 Å². The first kappa shape index (κ1) is 14.3. The summed E-state index contributed by atoms with van der Waals surface area (Å²) >= 11 is 0. The van der Waals surface area contributed by atoms with Gasteiger partial charge in [0, 0.05) is 24.2 Å². The molecule has 108 valence electrons. The summed E-state index contributed by atoms with van der Waals surface area (Å²) in [5.74, 6) is -0.327. The molecule has 0 aromatic heterocycles. The number of carbonyl (C=O) groups is 1. The Morgan fingerprint density at radius 2 is 2.00 bits per heavy atom. The van der Waals surface area contributed by atoms with E-state index in [9.17, 15) is 14.9 Å². The van der Waals surface area contributed by atoms with E-state index in [1.807, 2.05) is 0 Å². The maximum atomic E-state index is 11.6. The first-order valence-electron chi connectivity index (χ1n) is 6.74. The zero-order chi connectivity index (χ0) is 14.8. The van der Waals surface area contributed by atoms with Gasteiger partial charge in [0.1, 0.15) is 5.69 Å². The summed E-state index contributed by atoms with van der Waals surface area (Å²) < 4.78 is 0. The van der Waals surface area contributed by atoms with Crippen molar-refractivity contribution in [1.29, 1.82) is 0 Å². The minimum absolute atomic E-state index is 0.0563. The Bertz CT molecular complexity index is 536. The molecular formula is C14H19N3O3. The number of carbonyl (C=O) groups excluding carboxylic acids is 1. The molecule has 0 heterocycles. The van der Waals surface area contributed by atoms with Gasteiger partial charge >= 0.3 is 0 Å². The molecule has 0 saturated heterocycles. The van der Waals surface area contributed by atoms with Gasteiger partial charge in [0.05, 0.1) is 4.92 Å². The Hall–Kier alpha value is -2.11. The molecule has 1 aromatic rings. The standard InChI is InChI=1S/C14H19N3O3/c1-14(7-3-4-8-14)16-11-6-5-10(13(18)15-2)9-12(11)17(19)20/h5-6,9,16H,3-4,7-8H2,1-2H3,(H,15,18). The van der Waals surface area contributed by atoms with Gasteiger partial charge in [0.15, 0.2) is 0 Å². The highest BCUT2D eigenvalue weighted by atomic mass is 16.6. The third-order valence-corrected chi connectivity index (χ3v) is 3.83. The predicted octanol–water partition coefficient (Wildman–Crippen LogP) is 2.70. The van der Waals surface area contributed by atoms with E-state index in [-0.39, 0.29) is 17.1 Å². The van der Waals surface area contributed by atoms with E-state index in [1.165, 1.54) is 13.1 Å². The second kappa shape index (κ2) is 5.48. The van der Waals surface area contributed by atoms with E-state index in [1.54, 1.807) is 12.1 Å². The molecular weight excluding hydrogens is 258 g/mol. The molecule has 2 rings (SSSR count). The number of hydrogen-bond donors (Lipinski definition) is 2. The lowest BCUT2D eigenvalue weighted by Gasteiger charge is -2.26. The Kier molecular flexibility index (Phi) is 3.92. The number of hydrogen-bond acceptors (Lipinski definition) is 4. The largest absolute Gasteiger partial charge is 0.374 e. The molecule has 1 amide bonds. The van der Waals surface area contributed by atoms with Crippen LogP contribution in [0.15, 0.2) is 18.2 Å². The summed E-state index contributed by atoms with van der Waals surface area (Å²) in [7, 11) is 1.50. The first-order chi connectivity index (χ1) is 9.45. The van der Waals surface area contributed by atoms with Crippen LogP contribution in [0.3, 0.4) is 0 Å². The first-order valence-corrected chi connectivity index (χ1v) is 6.74. The molecule has 0 spiro atoms. The van der Waals surface area contributed by atoms with Crippen molar-refractivity contribution >= 4 is 17.3 Å². The molecule has 0 atom stereocenters. The van der Waals surface area contributed by atoms with E-state index >= 15 is 0 Å². The summed E-state index contributed by atoms with van der Waals surface area (Å²) in [5, 5.41) is 16.9. The highest BCUT2D eigenvalue weighted by Crippen LogP contribution is 2.36. The molecule has 0 radical (unpaired) electrons. The number of nitrogens with one attached hydrogen (secondary N) is 2. The number of benzene rings is 1. The Morgan fingerprint density at radius 3 is 2.55 bits per heavy atom. The van der Waals surface area contributed by atoms with Crippen molar-refractivity contribution in [3.05, 3.63) is 33.9 Å². The lowest BCUT2D eigenvalue weighted by molar-refractivity contribution is -0.384. The zero-order valence-electron chi connectivity index (χ0n) is 11.7. The third-order valence-electron chi connectivity index (χ3n) is 3.83. The van der Waals surface area contributed by atoms with Gasteiger partial charge in [-0.25, -0.2) is 0 Å². The summed E-state index contributed by atoms with van der Waals surface area (Å²) in [6, 6.07) is 4.54. The summed E-state index contributed by atoms with van der Waals surface area (Å²) in [6.45, 7) is 2.08. The zero-order valence-corrected chi connectivity index (χ0v) is 11.7. The van der Waals surface area contributed by atoms with Crippen molar-refractivity contribution in [2.45, 2.75) is 38.1 Å². The van der Waals surface area contributed by atoms with Crippen molar-refractivity contribution < 1.29 is 9.72 Å². The number of amides is 1. The van der Waals surface area contributed by atoms with E-state index in [0.717, 1.165) is 25.7 Å². The number of nitro benzene ring substituents is 1. The third kappa shape index (κ3) is 2.89. The van der Waals surface area contributed by atoms with Crippen molar-refractivity contribution in [2.24, 2.45) is 0 Å². The van der Waals surface area contributed by atoms with Crippen LogP contribution in [0.25, 0.3) is 0 Å². The molecule has 1 aliphatic carbocycles. The molecule has 1 aliphatic rings. The fraction of sp³-hybridized carbons (Fsp3) is 0.500. The molecule has 20 heavy (non-hydrogen) atoms. The van der Waals surface area contributed by atoms with Crippen LogP contribution in [0.5, 0.6) is 0 Å². The topological polar surface area (TPSA) is 84.3 Å². The summed E-state index contributed by atoms with van der Waals surface area (Å²) in [5.41, 5.74) is 0.617. The number of nitro groups is 1. The van der Waals surface area contributed by atoms with Crippen LogP contribution in [-0.2, 0) is 0 Å². The monoisotopic (exact) mass is 277 g/mol. The predicted molar refractivity (Wildman–Crippen MR) is 77.0 cm³/mol. The summed E-state index contributed by atoms with van der Waals surface area (Å²) in [6.07, 6.45) is 4.27. The molecule has 1 aromatic carbocycles. The lowest BCUT2D eigenvalue weighted by Crippen LogP contribution is -2.31. The van der Waals surface area contributed by atoms with Gasteiger partial charge in [-0.1, -0.05) is 12.8 Å². The molecule has 2 N–H and O–H groups in total. The molecule has 0 bridgehead atoms. The van der Waals surface area contributed by atoms with Gasteiger partial charge in [-0.15, -0.1) is 0 Å². The van der Waals surface area contributed by atoms with Gasteiger partial charge in [-0.05, 0) is 31.9 Å². The summed E-state index contributed by atoms with van der Waals surface area (Å²) in [4.78, 5) is 22.3. The molecule has 6 heteroatoms. The van der Waals surface area contributed by atoms with Gasteiger partial charge < -0.3 is 10.6 Å². The Morgan fingerprint density at radius 1 is 1.35 bits per heavy atom. The van der Waals surface area contributed by atoms with E-state index in [4.69, 9.17) is 0 Å². The smallest absolute Gasteiger partial charge is 0.293 e. The number of rotatable bonds is 4. The van der Waals surface area contributed by atoms with Crippen LogP contribution >= 0.6 is 0 Å². The van der Waals surface area contributed by atoms with Crippen molar-refractivity contribution in [1.82, 2.24) is 5.32 Å². The molecule has 1 saturated carbocycles. The Labute approximate surface area is 117 Å². The van der Waals surface area contributed by atoms with Gasteiger partial charge in [0.25, 0.3) is 11.6 Å². The van der Waals surface area contributed by atoms with Crippen LogP contribution in [0.1, 0.15) is 43.0 Å². The van der Waals surface area contributed by atoms with Crippen LogP contribution in [-0.4, -0.2) is 23.4 Å². The van der Waals surface area contributed by atoms with Crippen LogP contribution in [0, 0.1) is 10.1 Å². The fourth-order valence-corrected chi connectivity index (χ4v) is 2.68. The average molecular weight is 277 g/mol.